The average molecular weight is 278 g/mol. The number of carbonyl (C=O) groups excluding carboxylic acids is 1. The first kappa shape index (κ1) is 16.7. The van der Waals surface area contributed by atoms with Crippen LogP contribution in [-0.2, 0) is 4.74 Å². The van der Waals surface area contributed by atoms with Gasteiger partial charge in [0.05, 0.1) is 12.7 Å². The van der Waals surface area contributed by atoms with Crippen LogP contribution in [0.25, 0.3) is 0 Å². The molecule has 1 unspecified atom stereocenters. The molecule has 0 aliphatic rings. The van der Waals surface area contributed by atoms with E-state index in [1.165, 1.54) is 7.11 Å². The average Bonchev–Trinajstić information content (AvgIpc) is 2.48. The number of esters is 1. The van der Waals surface area contributed by atoms with E-state index in [9.17, 15) is 4.79 Å². The lowest BCUT2D eigenvalue weighted by molar-refractivity contribution is 0.0600. The molecule has 0 saturated heterocycles. The highest BCUT2D eigenvalue weighted by Crippen LogP contribution is 2.21. The molecule has 0 radical (unpaired) electrons. The summed E-state index contributed by atoms with van der Waals surface area (Å²) in [6.07, 6.45) is 2.22. The number of methoxy groups -OCH3 is 1. The standard InChI is InChI=1S/C16H26N2O2/c1-4-10-18(11-5-2)15(12-17)13-6-8-14(9-7-13)16(19)20-3/h6-9,15H,4-5,10-12,17H2,1-3H3. The van der Waals surface area contributed by atoms with E-state index >= 15 is 0 Å². The lowest BCUT2D eigenvalue weighted by Crippen LogP contribution is -2.35. The molecule has 0 spiro atoms. The Morgan fingerprint density at radius 2 is 1.75 bits per heavy atom. The minimum atomic E-state index is -0.306. The maximum absolute atomic E-state index is 11.4. The van der Waals surface area contributed by atoms with Gasteiger partial charge in [-0.25, -0.2) is 4.79 Å². The van der Waals surface area contributed by atoms with Crippen LogP contribution in [0.5, 0.6) is 0 Å². The topological polar surface area (TPSA) is 55.6 Å². The summed E-state index contributed by atoms with van der Waals surface area (Å²) >= 11 is 0. The smallest absolute Gasteiger partial charge is 0.337 e. The van der Waals surface area contributed by atoms with Gasteiger partial charge in [0.2, 0.25) is 0 Å². The number of benzene rings is 1. The van der Waals surface area contributed by atoms with Gasteiger partial charge < -0.3 is 10.5 Å². The first-order valence-corrected chi connectivity index (χ1v) is 7.30. The zero-order chi connectivity index (χ0) is 15.0. The number of nitrogens with two attached hydrogens (primary N) is 1. The second kappa shape index (κ2) is 8.72. The van der Waals surface area contributed by atoms with Gasteiger partial charge in [-0.1, -0.05) is 26.0 Å². The molecule has 2 N–H and O–H groups in total. The van der Waals surface area contributed by atoms with E-state index in [0.717, 1.165) is 31.5 Å². The van der Waals surface area contributed by atoms with Crippen molar-refractivity contribution in [3.63, 3.8) is 0 Å². The Labute approximate surface area is 121 Å². The summed E-state index contributed by atoms with van der Waals surface area (Å²) in [7, 11) is 1.39. The molecule has 0 bridgehead atoms. The van der Waals surface area contributed by atoms with E-state index in [1.807, 2.05) is 12.1 Å². The van der Waals surface area contributed by atoms with Crippen molar-refractivity contribution in [1.82, 2.24) is 4.90 Å². The summed E-state index contributed by atoms with van der Waals surface area (Å²) in [5.41, 5.74) is 7.69. The summed E-state index contributed by atoms with van der Waals surface area (Å²) in [5.74, 6) is -0.306. The van der Waals surface area contributed by atoms with E-state index in [2.05, 4.69) is 18.7 Å². The van der Waals surface area contributed by atoms with Crippen LogP contribution < -0.4 is 5.73 Å². The molecular formula is C16H26N2O2. The lowest BCUT2D eigenvalue weighted by atomic mass is 10.0. The zero-order valence-corrected chi connectivity index (χ0v) is 12.8. The molecule has 4 heteroatoms. The Morgan fingerprint density at radius 3 is 2.15 bits per heavy atom. The van der Waals surface area contributed by atoms with Gasteiger partial charge in [0.15, 0.2) is 0 Å². The summed E-state index contributed by atoms with van der Waals surface area (Å²) in [5, 5.41) is 0. The predicted octanol–water partition coefficient (Wildman–Crippen LogP) is 2.60. The monoisotopic (exact) mass is 278 g/mol. The summed E-state index contributed by atoms with van der Waals surface area (Å²) < 4.78 is 4.71. The maximum atomic E-state index is 11.4. The van der Waals surface area contributed by atoms with Crippen LogP contribution in [0.4, 0.5) is 0 Å². The first-order valence-electron chi connectivity index (χ1n) is 7.30. The molecule has 1 atom stereocenters. The molecule has 0 fully saturated rings. The Morgan fingerprint density at radius 1 is 1.20 bits per heavy atom. The van der Waals surface area contributed by atoms with Crippen molar-refractivity contribution < 1.29 is 9.53 Å². The fourth-order valence-corrected chi connectivity index (χ4v) is 2.45. The van der Waals surface area contributed by atoms with Crippen LogP contribution >= 0.6 is 0 Å². The molecule has 1 aromatic carbocycles. The fraction of sp³-hybridized carbons (Fsp3) is 0.562. The van der Waals surface area contributed by atoms with Gasteiger partial charge in [-0.05, 0) is 43.6 Å². The molecule has 0 saturated carbocycles. The second-order valence-electron chi connectivity index (χ2n) is 4.90. The second-order valence-corrected chi connectivity index (χ2v) is 4.90. The van der Waals surface area contributed by atoms with Crippen LogP contribution in [0.2, 0.25) is 0 Å². The van der Waals surface area contributed by atoms with Crippen molar-refractivity contribution >= 4 is 5.97 Å². The van der Waals surface area contributed by atoms with E-state index in [4.69, 9.17) is 10.5 Å². The number of nitrogens with zero attached hydrogens (tertiary/aromatic N) is 1. The van der Waals surface area contributed by atoms with E-state index < -0.39 is 0 Å². The third kappa shape index (κ3) is 4.32. The van der Waals surface area contributed by atoms with Crippen molar-refractivity contribution in [3.8, 4) is 0 Å². The van der Waals surface area contributed by atoms with Crippen LogP contribution in [0, 0.1) is 0 Å². The first-order chi connectivity index (χ1) is 9.67. The Balaban J connectivity index is 2.90. The van der Waals surface area contributed by atoms with Crippen molar-refractivity contribution in [2.24, 2.45) is 5.73 Å². The molecule has 0 aliphatic carbocycles. The molecule has 1 rings (SSSR count). The van der Waals surface area contributed by atoms with Crippen LogP contribution in [-0.4, -0.2) is 37.6 Å². The molecule has 0 aromatic heterocycles. The third-order valence-electron chi connectivity index (χ3n) is 3.40. The SMILES string of the molecule is CCCN(CCC)C(CN)c1ccc(C(=O)OC)cc1. The maximum Gasteiger partial charge on any atom is 0.337 e. The zero-order valence-electron chi connectivity index (χ0n) is 12.8. The van der Waals surface area contributed by atoms with E-state index in [0.29, 0.717) is 12.1 Å². The van der Waals surface area contributed by atoms with Gasteiger partial charge in [-0.2, -0.15) is 0 Å². The predicted molar refractivity (Wildman–Crippen MR) is 81.7 cm³/mol. The highest BCUT2D eigenvalue weighted by atomic mass is 16.5. The molecule has 0 amide bonds. The molecule has 1 aromatic rings. The lowest BCUT2D eigenvalue weighted by Gasteiger charge is -2.30. The minimum absolute atomic E-state index is 0.210. The Kier molecular flexibility index (Phi) is 7.26. The quantitative estimate of drug-likeness (QED) is 0.743. The molecule has 20 heavy (non-hydrogen) atoms. The van der Waals surface area contributed by atoms with Crippen molar-refractivity contribution in [2.45, 2.75) is 32.7 Å². The molecular weight excluding hydrogens is 252 g/mol. The van der Waals surface area contributed by atoms with E-state index in [1.54, 1.807) is 12.1 Å². The highest BCUT2D eigenvalue weighted by molar-refractivity contribution is 5.89. The van der Waals surface area contributed by atoms with Crippen molar-refractivity contribution in [1.29, 1.82) is 0 Å². The molecule has 4 nitrogen and oxygen atoms in total. The van der Waals surface area contributed by atoms with Gasteiger partial charge in [0.25, 0.3) is 0 Å². The Hall–Kier alpha value is -1.39. The van der Waals surface area contributed by atoms with Crippen LogP contribution in [0.15, 0.2) is 24.3 Å². The number of hydrogen-bond donors (Lipinski definition) is 1. The third-order valence-corrected chi connectivity index (χ3v) is 3.40. The van der Waals surface area contributed by atoms with Crippen molar-refractivity contribution in [2.75, 3.05) is 26.7 Å². The number of ether oxygens (including phenoxy) is 1. The molecule has 0 aliphatic heterocycles. The summed E-state index contributed by atoms with van der Waals surface area (Å²) in [6, 6.07) is 7.77. The molecule has 0 heterocycles. The number of rotatable bonds is 8. The largest absolute Gasteiger partial charge is 0.465 e. The van der Waals surface area contributed by atoms with Gasteiger partial charge in [-0.3, -0.25) is 4.90 Å². The summed E-state index contributed by atoms with van der Waals surface area (Å²) in [4.78, 5) is 13.9. The Bertz CT molecular complexity index is 397. The van der Waals surface area contributed by atoms with Gasteiger partial charge >= 0.3 is 5.97 Å². The van der Waals surface area contributed by atoms with Crippen LogP contribution in [0.1, 0.15) is 48.7 Å². The van der Waals surface area contributed by atoms with Gasteiger partial charge in [-0.15, -0.1) is 0 Å². The van der Waals surface area contributed by atoms with Gasteiger partial charge in [0.1, 0.15) is 0 Å². The van der Waals surface area contributed by atoms with Crippen molar-refractivity contribution in [3.05, 3.63) is 35.4 Å². The molecule has 112 valence electrons. The highest BCUT2D eigenvalue weighted by Gasteiger charge is 2.18. The number of carbonyl (C=O) groups is 1. The van der Waals surface area contributed by atoms with Gasteiger partial charge in [0, 0.05) is 12.6 Å². The minimum Gasteiger partial charge on any atom is -0.465 e. The van der Waals surface area contributed by atoms with Crippen LogP contribution in [0.3, 0.4) is 0 Å². The van der Waals surface area contributed by atoms with E-state index in [-0.39, 0.29) is 12.0 Å². The fourth-order valence-electron chi connectivity index (χ4n) is 2.45. The number of hydrogen-bond acceptors (Lipinski definition) is 4. The normalized spacial score (nSPS) is 12.4. The summed E-state index contributed by atoms with van der Waals surface area (Å²) in [6.45, 7) is 7.01.